The molecule has 1 aromatic heterocycles. The lowest BCUT2D eigenvalue weighted by atomic mass is 9.95. The minimum Gasteiger partial charge on any atom is -0.497 e. The van der Waals surface area contributed by atoms with Crippen LogP contribution < -0.4 is 20.1 Å². The van der Waals surface area contributed by atoms with Gasteiger partial charge in [0.2, 0.25) is 5.95 Å². The molecule has 0 bridgehead atoms. The number of aromatic nitrogens is 3. The third-order valence-corrected chi connectivity index (χ3v) is 6.24. The molecule has 3 aromatic carbocycles. The van der Waals surface area contributed by atoms with E-state index in [1.54, 1.807) is 36.1 Å². The van der Waals surface area contributed by atoms with Crippen LogP contribution in [0.3, 0.4) is 0 Å². The highest BCUT2D eigenvalue weighted by Crippen LogP contribution is 2.36. The van der Waals surface area contributed by atoms with Gasteiger partial charge in [0, 0.05) is 11.4 Å². The van der Waals surface area contributed by atoms with Gasteiger partial charge in [-0.05, 0) is 66.9 Å². The lowest BCUT2D eigenvalue weighted by molar-refractivity contribution is -0.113. The number of hydrogen-bond donors (Lipinski definition) is 2. The van der Waals surface area contributed by atoms with E-state index in [0.717, 1.165) is 22.6 Å². The van der Waals surface area contributed by atoms with Crippen molar-refractivity contribution in [2.24, 2.45) is 0 Å². The highest BCUT2D eigenvalue weighted by molar-refractivity contribution is 6.06. The molecular formula is C28H27N5O3. The SMILES string of the molecule is COc1ccc(NC(=O)C2=C(C)Nc3ncnn3[C@@H]2c2ccc(OCc3ccccc3C)cc2)cc1. The van der Waals surface area contributed by atoms with Gasteiger partial charge in [0.15, 0.2) is 0 Å². The first kappa shape index (κ1) is 23.2. The second-order valence-electron chi connectivity index (χ2n) is 8.56. The van der Waals surface area contributed by atoms with E-state index in [0.29, 0.717) is 29.5 Å². The summed E-state index contributed by atoms with van der Waals surface area (Å²) in [7, 11) is 1.61. The van der Waals surface area contributed by atoms with Gasteiger partial charge in [-0.1, -0.05) is 36.4 Å². The van der Waals surface area contributed by atoms with Crippen LogP contribution in [0.15, 0.2) is 90.4 Å². The molecule has 0 spiro atoms. The van der Waals surface area contributed by atoms with Gasteiger partial charge >= 0.3 is 0 Å². The van der Waals surface area contributed by atoms with Crippen LogP contribution in [0.4, 0.5) is 11.6 Å². The molecule has 2 N–H and O–H groups in total. The second kappa shape index (κ2) is 9.95. The van der Waals surface area contributed by atoms with Gasteiger partial charge in [-0.2, -0.15) is 10.1 Å². The number of aryl methyl sites for hydroxylation is 1. The molecule has 0 aliphatic carbocycles. The summed E-state index contributed by atoms with van der Waals surface area (Å²) in [6.45, 7) is 4.43. The minimum absolute atomic E-state index is 0.226. The highest BCUT2D eigenvalue weighted by atomic mass is 16.5. The number of nitrogens with one attached hydrogen (secondary N) is 2. The number of methoxy groups -OCH3 is 1. The zero-order chi connectivity index (χ0) is 25.1. The average Bonchev–Trinajstić information content (AvgIpc) is 3.36. The number of carbonyl (C=O) groups excluding carboxylic acids is 1. The Labute approximate surface area is 209 Å². The minimum atomic E-state index is -0.451. The van der Waals surface area contributed by atoms with E-state index in [2.05, 4.69) is 39.8 Å². The van der Waals surface area contributed by atoms with Gasteiger partial charge in [0.25, 0.3) is 5.91 Å². The first-order valence-electron chi connectivity index (χ1n) is 11.6. The van der Waals surface area contributed by atoms with Crippen molar-refractivity contribution < 1.29 is 14.3 Å². The molecule has 5 rings (SSSR count). The van der Waals surface area contributed by atoms with Crippen molar-refractivity contribution in [3.8, 4) is 11.5 Å². The first-order valence-corrected chi connectivity index (χ1v) is 11.6. The number of fused-ring (bicyclic) bond motifs is 1. The van der Waals surface area contributed by atoms with Crippen LogP contribution >= 0.6 is 0 Å². The number of hydrogen-bond acceptors (Lipinski definition) is 6. The molecule has 0 saturated carbocycles. The smallest absolute Gasteiger partial charge is 0.255 e. The summed E-state index contributed by atoms with van der Waals surface area (Å²) in [4.78, 5) is 17.8. The topological polar surface area (TPSA) is 90.3 Å². The summed E-state index contributed by atoms with van der Waals surface area (Å²) in [5, 5.41) is 10.6. The van der Waals surface area contributed by atoms with Gasteiger partial charge in [0.05, 0.1) is 12.7 Å². The number of carbonyl (C=O) groups is 1. The van der Waals surface area contributed by atoms with Crippen LogP contribution in [0.5, 0.6) is 11.5 Å². The predicted octanol–water partition coefficient (Wildman–Crippen LogP) is 5.10. The molecule has 8 nitrogen and oxygen atoms in total. The first-order chi connectivity index (χ1) is 17.5. The molecule has 0 radical (unpaired) electrons. The number of rotatable bonds is 7. The zero-order valence-corrected chi connectivity index (χ0v) is 20.4. The van der Waals surface area contributed by atoms with Crippen LogP contribution in [0, 0.1) is 6.92 Å². The maximum absolute atomic E-state index is 13.5. The van der Waals surface area contributed by atoms with E-state index in [-0.39, 0.29) is 5.91 Å². The van der Waals surface area contributed by atoms with Gasteiger partial charge in [-0.3, -0.25) is 4.79 Å². The van der Waals surface area contributed by atoms with Crippen LogP contribution in [0.25, 0.3) is 0 Å². The molecule has 1 amide bonds. The van der Waals surface area contributed by atoms with Crippen molar-refractivity contribution in [1.82, 2.24) is 14.8 Å². The molecular weight excluding hydrogens is 454 g/mol. The Balaban J connectivity index is 1.40. The van der Waals surface area contributed by atoms with Gasteiger partial charge in [-0.15, -0.1) is 0 Å². The zero-order valence-electron chi connectivity index (χ0n) is 20.4. The van der Waals surface area contributed by atoms with Crippen molar-refractivity contribution in [3.05, 3.63) is 107 Å². The van der Waals surface area contributed by atoms with Crippen LogP contribution in [0.2, 0.25) is 0 Å². The largest absolute Gasteiger partial charge is 0.497 e. The van der Waals surface area contributed by atoms with E-state index in [4.69, 9.17) is 9.47 Å². The Morgan fingerprint density at radius 1 is 1.00 bits per heavy atom. The van der Waals surface area contributed by atoms with Crippen LogP contribution in [-0.2, 0) is 11.4 Å². The standard InChI is InChI=1S/C28H27N5O3/c1-18-6-4-5-7-21(18)16-36-24-12-8-20(9-13-24)26-25(19(2)31-28-29-17-30-33(26)28)27(34)32-22-10-14-23(35-3)15-11-22/h4-15,17,26H,16H2,1-3H3,(H,32,34)(H,29,30,31)/t26-/m1/s1. The van der Waals surface area contributed by atoms with Crippen LogP contribution in [-0.4, -0.2) is 27.8 Å². The number of allylic oxidation sites excluding steroid dienone is 1. The van der Waals surface area contributed by atoms with E-state index >= 15 is 0 Å². The maximum Gasteiger partial charge on any atom is 0.255 e. The Morgan fingerprint density at radius 3 is 2.44 bits per heavy atom. The van der Waals surface area contributed by atoms with E-state index in [1.165, 1.54) is 11.9 Å². The predicted molar refractivity (Wildman–Crippen MR) is 138 cm³/mol. The molecule has 0 unspecified atom stereocenters. The van der Waals surface area contributed by atoms with E-state index in [9.17, 15) is 4.79 Å². The monoisotopic (exact) mass is 481 g/mol. The average molecular weight is 482 g/mol. The summed E-state index contributed by atoms with van der Waals surface area (Å²) in [5.74, 6) is 1.83. The molecule has 0 saturated heterocycles. The molecule has 2 heterocycles. The second-order valence-corrected chi connectivity index (χ2v) is 8.56. The Kier molecular flexibility index (Phi) is 6.40. The molecule has 1 aliphatic rings. The van der Waals surface area contributed by atoms with E-state index in [1.807, 2.05) is 43.3 Å². The molecule has 36 heavy (non-hydrogen) atoms. The number of amides is 1. The number of nitrogens with zero attached hydrogens (tertiary/aromatic N) is 3. The fourth-order valence-electron chi connectivity index (χ4n) is 4.25. The lowest BCUT2D eigenvalue weighted by Crippen LogP contribution is -2.31. The van der Waals surface area contributed by atoms with Gasteiger partial charge < -0.3 is 20.1 Å². The molecule has 0 fully saturated rings. The number of anilines is 2. The molecule has 8 heteroatoms. The van der Waals surface area contributed by atoms with Crippen molar-refractivity contribution in [3.63, 3.8) is 0 Å². The Bertz CT molecular complexity index is 1410. The fourth-order valence-corrected chi connectivity index (χ4v) is 4.25. The Morgan fingerprint density at radius 2 is 1.72 bits per heavy atom. The third-order valence-electron chi connectivity index (χ3n) is 6.24. The summed E-state index contributed by atoms with van der Waals surface area (Å²) in [6.07, 6.45) is 1.48. The summed E-state index contributed by atoms with van der Waals surface area (Å²) < 4.78 is 12.9. The van der Waals surface area contributed by atoms with Gasteiger partial charge in [0.1, 0.15) is 30.5 Å². The summed E-state index contributed by atoms with van der Waals surface area (Å²) in [5.41, 5.74) is 5.16. The fraction of sp³-hybridized carbons (Fsp3) is 0.179. The van der Waals surface area contributed by atoms with Crippen molar-refractivity contribution in [1.29, 1.82) is 0 Å². The third kappa shape index (κ3) is 4.65. The van der Waals surface area contributed by atoms with Crippen molar-refractivity contribution in [2.45, 2.75) is 26.5 Å². The van der Waals surface area contributed by atoms with Gasteiger partial charge in [-0.25, -0.2) is 4.68 Å². The van der Waals surface area contributed by atoms with E-state index < -0.39 is 6.04 Å². The quantitative estimate of drug-likeness (QED) is 0.382. The van der Waals surface area contributed by atoms with Crippen molar-refractivity contribution in [2.75, 3.05) is 17.7 Å². The van der Waals surface area contributed by atoms with Crippen molar-refractivity contribution >= 4 is 17.5 Å². The summed E-state index contributed by atoms with van der Waals surface area (Å²) in [6, 6.07) is 22.7. The maximum atomic E-state index is 13.5. The Hall–Kier alpha value is -4.59. The molecule has 4 aromatic rings. The number of benzene rings is 3. The summed E-state index contributed by atoms with van der Waals surface area (Å²) >= 11 is 0. The lowest BCUT2D eigenvalue weighted by Gasteiger charge is -2.28. The normalized spacial score (nSPS) is 14.6. The highest BCUT2D eigenvalue weighted by Gasteiger charge is 2.33. The molecule has 182 valence electrons. The van der Waals surface area contributed by atoms with Crippen LogP contribution in [0.1, 0.15) is 29.7 Å². The molecule has 1 atom stereocenters. The molecule has 1 aliphatic heterocycles. The number of ether oxygens (including phenoxy) is 2.